The Morgan fingerprint density at radius 2 is 1.44 bits per heavy atom. The van der Waals surface area contributed by atoms with Gasteiger partial charge in [0.1, 0.15) is 18.1 Å². The van der Waals surface area contributed by atoms with Crippen molar-refractivity contribution in [2.24, 2.45) is 5.92 Å². The predicted octanol–water partition coefficient (Wildman–Crippen LogP) is 2.56. The zero-order valence-corrected chi connectivity index (χ0v) is 22.3. The number of hydrogen-bond donors (Lipinski definition) is 1. The monoisotopic (exact) mass is 518 g/mol. The lowest BCUT2D eigenvalue weighted by atomic mass is 9.93. The first-order chi connectivity index (χ1) is 17.1. The normalized spacial score (nSPS) is 12.4. The molecule has 0 aromatic carbocycles. The van der Waals surface area contributed by atoms with Crippen LogP contribution >= 0.6 is 0 Å². The number of nitrogens with zero attached hydrogens (tertiary/aromatic N) is 1. The predicted molar refractivity (Wildman–Crippen MR) is 129 cm³/mol. The summed E-state index contributed by atoms with van der Waals surface area (Å²) in [5.74, 6) is -0.206. The van der Waals surface area contributed by atoms with Crippen molar-refractivity contribution in [1.82, 2.24) is 10.5 Å². The molecular formula is C24H42N2O10. The van der Waals surface area contributed by atoms with E-state index in [-0.39, 0.29) is 18.5 Å². The van der Waals surface area contributed by atoms with Crippen molar-refractivity contribution in [2.45, 2.75) is 46.1 Å². The third kappa shape index (κ3) is 14.9. The van der Waals surface area contributed by atoms with Crippen LogP contribution < -0.4 is 10.1 Å². The standard InChI is InChI=1S/C24H42N2O10/c1-18(2)21(22(27)29-6)19-17-20(26-36-19)34-16-15-33-14-13-32-12-11-31-10-9-30-8-7-25-23(28)35-24(3,4)5/h17-18,21H,7-16H2,1-6H3,(H,25,28). The fourth-order valence-corrected chi connectivity index (χ4v) is 2.84. The molecule has 1 unspecified atom stereocenters. The fraction of sp³-hybridized carbons (Fsp3) is 0.792. The average molecular weight is 519 g/mol. The van der Waals surface area contributed by atoms with Crippen LogP contribution in [-0.4, -0.2) is 95.9 Å². The first-order valence-corrected chi connectivity index (χ1v) is 12.1. The second kappa shape index (κ2) is 17.9. The highest BCUT2D eigenvalue weighted by Crippen LogP contribution is 2.28. The highest BCUT2D eigenvalue weighted by atomic mass is 16.6. The molecule has 1 aromatic rings. The molecule has 0 fully saturated rings. The Morgan fingerprint density at radius 3 is 1.94 bits per heavy atom. The Morgan fingerprint density at radius 1 is 0.917 bits per heavy atom. The second-order valence-corrected chi connectivity index (χ2v) is 9.04. The van der Waals surface area contributed by atoms with Gasteiger partial charge < -0.3 is 43.0 Å². The van der Waals surface area contributed by atoms with Crippen LogP contribution in [0.25, 0.3) is 0 Å². The minimum absolute atomic E-state index is 0.000106. The summed E-state index contributed by atoms with van der Waals surface area (Å²) in [5, 5.41) is 6.44. The molecule has 0 saturated heterocycles. The Balaban J connectivity index is 1.92. The lowest BCUT2D eigenvalue weighted by molar-refractivity contribution is -0.144. The summed E-state index contributed by atoms with van der Waals surface area (Å²) in [5.41, 5.74) is -0.517. The van der Waals surface area contributed by atoms with Gasteiger partial charge in [-0.1, -0.05) is 13.8 Å². The molecule has 1 heterocycles. The maximum Gasteiger partial charge on any atom is 0.407 e. The number of rotatable bonds is 19. The van der Waals surface area contributed by atoms with Crippen LogP contribution in [0, 0.1) is 5.92 Å². The summed E-state index contributed by atoms with van der Waals surface area (Å²) < 4.78 is 42.3. The summed E-state index contributed by atoms with van der Waals surface area (Å²) in [6.07, 6.45) is -0.461. The van der Waals surface area contributed by atoms with Crippen LogP contribution in [0.5, 0.6) is 5.88 Å². The number of amides is 1. The first kappa shape index (κ1) is 31.6. The number of aromatic nitrogens is 1. The molecule has 36 heavy (non-hydrogen) atoms. The molecule has 1 N–H and O–H groups in total. The summed E-state index contributed by atoms with van der Waals surface area (Å²) in [7, 11) is 1.34. The molecule has 12 heteroatoms. The van der Waals surface area contributed by atoms with E-state index in [4.69, 9.17) is 37.7 Å². The molecule has 0 aliphatic heterocycles. The second-order valence-electron chi connectivity index (χ2n) is 9.04. The van der Waals surface area contributed by atoms with Crippen molar-refractivity contribution in [3.05, 3.63) is 11.8 Å². The van der Waals surface area contributed by atoms with E-state index < -0.39 is 17.6 Å². The molecule has 1 amide bonds. The SMILES string of the molecule is COC(=O)C(c1cc(OCCOCCOCCOCCOCCNC(=O)OC(C)(C)C)no1)C(C)C. The third-order valence-electron chi connectivity index (χ3n) is 4.44. The van der Waals surface area contributed by atoms with E-state index in [2.05, 4.69) is 10.5 Å². The minimum Gasteiger partial charge on any atom is -0.473 e. The van der Waals surface area contributed by atoms with Gasteiger partial charge in [0.25, 0.3) is 5.88 Å². The molecule has 208 valence electrons. The van der Waals surface area contributed by atoms with Crippen LogP contribution in [-0.2, 0) is 33.2 Å². The zero-order valence-electron chi connectivity index (χ0n) is 22.3. The van der Waals surface area contributed by atoms with Gasteiger partial charge in [-0.05, 0) is 31.8 Å². The smallest absolute Gasteiger partial charge is 0.407 e. The van der Waals surface area contributed by atoms with Crippen molar-refractivity contribution < 1.29 is 47.3 Å². The van der Waals surface area contributed by atoms with Crippen molar-refractivity contribution >= 4 is 12.1 Å². The Labute approximate surface area is 213 Å². The number of methoxy groups -OCH3 is 1. The zero-order chi connectivity index (χ0) is 26.8. The number of carbonyl (C=O) groups is 2. The van der Waals surface area contributed by atoms with Gasteiger partial charge in [-0.15, -0.1) is 0 Å². The molecule has 0 saturated carbocycles. The molecule has 1 rings (SSSR count). The highest BCUT2D eigenvalue weighted by Gasteiger charge is 2.29. The molecule has 1 atom stereocenters. The van der Waals surface area contributed by atoms with Gasteiger partial charge >= 0.3 is 12.1 Å². The summed E-state index contributed by atoms with van der Waals surface area (Å²) in [4.78, 5) is 23.4. The van der Waals surface area contributed by atoms with Crippen molar-refractivity contribution in [2.75, 3.05) is 73.1 Å². The van der Waals surface area contributed by atoms with E-state index in [0.29, 0.717) is 71.0 Å². The minimum atomic E-state index is -0.530. The average Bonchev–Trinajstić information content (AvgIpc) is 3.25. The van der Waals surface area contributed by atoms with E-state index in [1.165, 1.54) is 7.11 Å². The van der Waals surface area contributed by atoms with E-state index in [0.717, 1.165) is 0 Å². The Hall–Kier alpha value is -2.41. The van der Waals surface area contributed by atoms with Gasteiger partial charge in [-0.2, -0.15) is 0 Å². The van der Waals surface area contributed by atoms with E-state index in [1.54, 1.807) is 6.07 Å². The summed E-state index contributed by atoms with van der Waals surface area (Å²) >= 11 is 0. The van der Waals surface area contributed by atoms with Crippen LogP contribution in [0.1, 0.15) is 46.3 Å². The number of alkyl carbamates (subject to hydrolysis) is 1. The molecule has 0 bridgehead atoms. The fourth-order valence-electron chi connectivity index (χ4n) is 2.84. The molecule has 0 aliphatic rings. The lowest BCUT2D eigenvalue weighted by Gasteiger charge is -2.19. The largest absolute Gasteiger partial charge is 0.473 e. The van der Waals surface area contributed by atoms with Gasteiger partial charge in [0.2, 0.25) is 0 Å². The molecule has 0 aliphatic carbocycles. The maximum atomic E-state index is 11.9. The van der Waals surface area contributed by atoms with Crippen LogP contribution in [0.4, 0.5) is 4.79 Å². The van der Waals surface area contributed by atoms with Crippen molar-refractivity contribution in [3.8, 4) is 5.88 Å². The van der Waals surface area contributed by atoms with Gasteiger partial charge in [0, 0.05) is 12.6 Å². The van der Waals surface area contributed by atoms with E-state index in [9.17, 15) is 9.59 Å². The topological polar surface area (TPSA) is 137 Å². The number of nitrogens with one attached hydrogen (secondary N) is 1. The van der Waals surface area contributed by atoms with Gasteiger partial charge in [-0.3, -0.25) is 4.79 Å². The molecule has 0 spiro atoms. The number of ether oxygens (including phenoxy) is 7. The number of carbonyl (C=O) groups excluding carboxylic acids is 2. The quantitative estimate of drug-likeness (QED) is 0.214. The number of hydrogen-bond acceptors (Lipinski definition) is 11. The summed E-state index contributed by atoms with van der Waals surface area (Å²) in [6, 6.07) is 1.59. The molecule has 0 radical (unpaired) electrons. The maximum absolute atomic E-state index is 11.9. The van der Waals surface area contributed by atoms with Gasteiger partial charge in [0.05, 0.1) is 60.0 Å². The number of esters is 1. The molecular weight excluding hydrogens is 476 g/mol. The van der Waals surface area contributed by atoms with Crippen molar-refractivity contribution in [1.29, 1.82) is 0 Å². The third-order valence-corrected chi connectivity index (χ3v) is 4.44. The van der Waals surface area contributed by atoms with Crippen LogP contribution in [0.15, 0.2) is 10.6 Å². The van der Waals surface area contributed by atoms with E-state index in [1.807, 2.05) is 34.6 Å². The Kier molecular flexibility index (Phi) is 15.7. The highest BCUT2D eigenvalue weighted by molar-refractivity contribution is 5.77. The Bertz CT molecular complexity index is 733. The van der Waals surface area contributed by atoms with E-state index >= 15 is 0 Å². The first-order valence-electron chi connectivity index (χ1n) is 12.1. The van der Waals surface area contributed by atoms with Crippen LogP contribution in [0.3, 0.4) is 0 Å². The summed E-state index contributed by atoms with van der Waals surface area (Å²) in [6.45, 7) is 13.2. The molecule has 12 nitrogen and oxygen atoms in total. The van der Waals surface area contributed by atoms with Crippen LogP contribution in [0.2, 0.25) is 0 Å². The molecule has 1 aromatic heterocycles. The van der Waals surface area contributed by atoms with Gasteiger partial charge in [0.15, 0.2) is 5.76 Å². The van der Waals surface area contributed by atoms with Gasteiger partial charge in [-0.25, -0.2) is 4.79 Å². The van der Waals surface area contributed by atoms with Crippen molar-refractivity contribution in [3.63, 3.8) is 0 Å². The lowest BCUT2D eigenvalue weighted by Crippen LogP contribution is -2.34.